The fraction of sp³-hybridized carbons (Fsp3) is 0.385. The van der Waals surface area contributed by atoms with Crippen LogP contribution in [0.1, 0.15) is 23.7 Å². The van der Waals surface area contributed by atoms with E-state index in [9.17, 15) is 0 Å². The van der Waals surface area contributed by atoms with E-state index in [0.717, 1.165) is 24.5 Å². The van der Waals surface area contributed by atoms with Crippen molar-refractivity contribution in [3.05, 3.63) is 41.3 Å². The molecule has 0 bridgehead atoms. The Hall–Kier alpha value is -1.84. The fourth-order valence-electron chi connectivity index (χ4n) is 1.85. The highest BCUT2D eigenvalue weighted by Gasteiger charge is 2.05. The topological polar surface area (TPSA) is 42.7 Å². The summed E-state index contributed by atoms with van der Waals surface area (Å²) in [6, 6.07) is 4.04. The molecule has 4 nitrogen and oxygen atoms in total. The van der Waals surface area contributed by atoms with Gasteiger partial charge in [-0.3, -0.25) is 4.68 Å². The lowest BCUT2D eigenvalue weighted by atomic mass is 10.2. The molecule has 0 aliphatic carbocycles. The highest BCUT2D eigenvalue weighted by molar-refractivity contribution is 5.38. The normalized spacial score (nSPS) is 10.5. The minimum atomic E-state index is 0.771. The first-order valence-corrected chi connectivity index (χ1v) is 5.87. The van der Waals surface area contributed by atoms with Crippen LogP contribution in [0.25, 0.3) is 0 Å². The lowest BCUT2D eigenvalue weighted by Crippen LogP contribution is -2.02. The van der Waals surface area contributed by atoms with E-state index in [4.69, 9.17) is 0 Å². The molecule has 0 saturated carbocycles. The zero-order valence-corrected chi connectivity index (χ0v) is 10.6. The number of pyridine rings is 1. The van der Waals surface area contributed by atoms with Crippen molar-refractivity contribution < 1.29 is 0 Å². The van der Waals surface area contributed by atoms with E-state index in [2.05, 4.69) is 35.4 Å². The second-order valence-corrected chi connectivity index (χ2v) is 4.20. The summed E-state index contributed by atoms with van der Waals surface area (Å²) in [5.41, 5.74) is 3.59. The molecule has 17 heavy (non-hydrogen) atoms. The van der Waals surface area contributed by atoms with Crippen molar-refractivity contribution in [1.29, 1.82) is 0 Å². The largest absolute Gasteiger partial charge is 0.366 e. The van der Waals surface area contributed by atoms with Crippen molar-refractivity contribution in [3.8, 4) is 0 Å². The molecule has 0 aromatic carbocycles. The van der Waals surface area contributed by atoms with Crippen LogP contribution in [0.5, 0.6) is 0 Å². The SMILES string of the molecule is CCc1nn(C)cc1CNc1cc(C)ccn1. The summed E-state index contributed by atoms with van der Waals surface area (Å²) in [4.78, 5) is 4.28. The van der Waals surface area contributed by atoms with Gasteiger partial charge >= 0.3 is 0 Å². The van der Waals surface area contributed by atoms with Gasteiger partial charge in [0.1, 0.15) is 5.82 Å². The Bertz CT molecular complexity index is 502. The van der Waals surface area contributed by atoms with E-state index in [-0.39, 0.29) is 0 Å². The predicted octanol–water partition coefficient (Wildman–Crippen LogP) is 2.30. The van der Waals surface area contributed by atoms with Crippen LogP contribution in [-0.4, -0.2) is 14.8 Å². The number of nitrogens with zero attached hydrogens (tertiary/aromatic N) is 3. The maximum Gasteiger partial charge on any atom is 0.126 e. The van der Waals surface area contributed by atoms with Gasteiger partial charge in [-0.05, 0) is 31.0 Å². The Balaban J connectivity index is 2.06. The summed E-state index contributed by atoms with van der Waals surface area (Å²) in [6.45, 7) is 4.96. The van der Waals surface area contributed by atoms with Crippen molar-refractivity contribution in [2.75, 3.05) is 5.32 Å². The molecule has 0 atom stereocenters. The van der Waals surface area contributed by atoms with Crippen LogP contribution in [0, 0.1) is 6.92 Å². The summed E-state index contributed by atoms with van der Waals surface area (Å²) >= 11 is 0. The molecule has 2 aromatic rings. The quantitative estimate of drug-likeness (QED) is 0.876. The molecule has 4 heteroatoms. The van der Waals surface area contributed by atoms with Gasteiger partial charge in [0.2, 0.25) is 0 Å². The first-order valence-electron chi connectivity index (χ1n) is 5.87. The molecule has 0 fully saturated rings. The first kappa shape index (κ1) is 11.6. The molecule has 90 valence electrons. The van der Waals surface area contributed by atoms with Gasteiger partial charge in [0.15, 0.2) is 0 Å². The van der Waals surface area contributed by atoms with Crippen LogP contribution >= 0.6 is 0 Å². The van der Waals surface area contributed by atoms with Crippen LogP contribution < -0.4 is 5.32 Å². The van der Waals surface area contributed by atoms with Crippen molar-refractivity contribution in [2.24, 2.45) is 7.05 Å². The summed E-state index contributed by atoms with van der Waals surface area (Å²) in [7, 11) is 1.95. The van der Waals surface area contributed by atoms with Crippen molar-refractivity contribution in [3.63, 3.8) is 0 Å². The van der Waals surface area contributed by atoms with Crippen LogP contribution in [-0.2, 0) is 20.0 Å². The summed E-state index contributed by atoms with van der Waals surface area (Å²) in [6.07, 6.45) is 4.84. The van der Waals surface area contributed by atoms with Crippen molar-refractivity contribution in [1.82, 2.24) is 14.8 Å². The van der Waals surface area contributed by atoms with Gasteiger partial charge in [-0.1, -0.05) is 6.92 Å². The third-order valence-electron chi connectivity index (χ3n) is 2.70. The maximum atomic E-state index is 4.42. The third-order valence-corrected chi connectivity index (χ3v) is 2.70. The minimum absolute atomic E-state index is 0.771. The predicted molar refractivity (Wildman–Crippen MR) is 68.9 cm³/mol. The minimum Gasteiger partial charge on any atom is -0.366 e. The number of aryl methyl sites for hydroxylation is 3. The smallest absolute Gasteiger partial charge is 0.126 e. The second-order valence-electron chi connectivity index (χ2n) is 4.20. The Morgan fingerprint density at radius 3 is 2.94 bits per heavy atom. The number of hydrogen-bond donors (Lipinski definition) is 1. The van der Waals surface area contributed by atoms with Crippen LogP contribution in [0.2, 0.25) is 0 Å². The summed E-state index contributed by atoms with van der Waals surface area (Å²) in [5.74, 6) is 0.913. The molecule has 2 aromatic heterocycles. The van der Waals surface area contributed by atoms with Crippen molar-refractivity contribution in [2.45, 2.75) is 26.8 Å². The van der Waals surface area contributed by atoms with E-state index < -0.39 is 0 Å². The molecular formula is C13H18N4. The standard InChI is InChI=1S/C13H18N4/c1-4-12-11(9-17(3)16-12)8-15-13-7-10(2)5-6-14-13/h5-7,9H,4,8H2,1-3H3,(H,14,15). The molecule has 0 aliphatic rings. The highest BCUT2D eigenvalue weighted by Crippen LogP contribution is 2.11. The van der Waals surface area contributed by atoms with Gasteiger partial charge in [-0.15, -0.1) is 0 Å². The molecular weight excluding hydrogens is 212 g/mol. The second kappa shape index (κ2) is 4.99. The van der Waals surface area contributed by atoms with E-state index in [0.29, 0.717) is 0 Å². The van der Waals surface area contributed by atoms with Crippen LogP contribution in [0.15, 0.2) is 24.5 Å². The number of nitrogens with one attached hydrogen (secondary N) is 1. The maximum absolute atomic E-state index is 4.42. The Morgan fingerprint density at radius 2 is 2.24 bits per heavy atom. The van der Waals surface area contributed by atoms with Gasteiger partial charge in [0.05, 0.1) is 5.69 Å². The molecule has 0 saturated heterocycles. The molecule has 0 radical (unpaired) electrons. The lowest BCUT2D eigenvalue weighted by molar-refractivity contribution is 0.746. The Morgan fingerprint density at radius 1 is 1.41 bits per heavy atom. The molecule has 2 rings (SSSR count). The van der Waals surface area contributed by atoms with E-state index in [1.54, 1.807) is 0 Å². The summed E-state index contributed by atoms with van der Waals surface area (Å²) in [5, 5.41) is 7.74. The van der Waals surface area contributed by atoms with Crippen LogP contribution in [0.4, 0.5) is 5.82 Å². The van der Waals surface area contributed by atoms with E-state index in [1.165, 1.54) is 11.1 Å². The van der Waals surface area contributed by atoms with Gasteiger partial charge in [0.25, 0.3) is 0 Å². The Kier molecular flexibility index (Phi) is 3.42. The molecule has 2 heterocycles. The highest BCUT2D eigenvalue weighted by atomic mass is 15.3. The van der Waals surface area contributed by atoms with Crippen LogP contribution in [0.3, 0.4) is 0 Å². The lowest BCUT2D eigenvalue weighted by Gasteiger charge is -2.05. The number of aromatic nitrogens is 3. The molecule has 0 spiro atoms. The molecule has 1 N–H and O–H groups in total. The monoisotopic (exact) mass is 230 g/mol. The van der Waals surface area contributed by atoms with E-state index >= 15 is 0 Å². The fourth-order valence-corrected chi connectivity index (χ4v) is 1.85. The average molecular weight is 230 g/mol. The third kappa shape index (κ3) is 2.84. The van der Waals surface area contributed by atoms with Gasteiger partial charge < -0.3 is 5.32 Å². The summed E-state index contributed by atoms with van der Waals surface area (Å²) < 4.78 is 1.86. The number of rotatable bonds is 4. The van der Waals surface area contributed by atoms with E-state index in [1.807, 2.05) is 30.1 Å². The van der Waals surface area contributed by atoms with Crippen molar-refractivity contribution >= 4 is 5.82 Å². The first-order chi connectivity index (χ1) is 8.19. The number of anilines is 1. The zero-order valence-electron chi connectivity index (χ0n) is 10.6. The van der Waals surface area contributed by atoms with Gasteiger partial charge in [-0.25, -0.2) is 4.98 Å². The molecule has 0 unspecified atom stereocenters. The average Bonchev–Trinajstić information content (AvgIpc) is 2.67. The zero-order chi connectivity index (χ0) is 12.3. The molecule has 0 aliphatic heterocycles. The Labute approximate surface area is 102 Å². The molecule has 0 amide bonds. The van der Waals surface area contributed by atoms with Gasteiger partial charge in [-0.2, -0.15) is 5.10 Å². The van der Waals surface area contributed by atoms with Gasteiger partial charge in [0, 0.05) is 31.5 Å². The number of hydrogen-bond acceptors (Lipinski definition) is 3.